The third-order valence-corrected chi connectivity index (χ3v) is 6.63. The highest BCUT2D eigenvalue weighted by Gasteiger charge is 2.49. The van der Waals surface area contributed by atoms with Crippen molar-refractivity contribution in [1.29, 1.82) is 0 Å². The molecule has 2 heterocycles. The molecular formula is C29H12F6O10. The number of furan rings is 2. The van der Waals surface area contributed by atoms with Gasteiger partial charge in [-0.25, -0.2) is 9.59 Å². The van der Waals surface area contributed by atoms with Gasteiger partial charge in [0.1, 0.15) is 11.1 Å². The summed E-state index contributed by atoms with van der Waals surface area (Å²) in [6.07, 6.45) is -10.2. The quantitative estimate of drug-likeness (QED) is 0.187. The summed E-state index contributed by atoms with van der Waals surface area (Å²) in [4.78, 5) is 72.1. The topological polar surface area (TPSA) is 158 Å². The Bertz CT molecular complexity index is 1990. The zero-order valence-electron chi connectivity index (χ0n) is 22.0. The van der Waals surface area contributed by atoms with Crippen molar-refractivity contribution in [2.75, 3.05) is 7.11 Å². The van der Waals surface area contributed by atoms with Gasteiger partial charge in [-0.15, -0.1) is 0 Å². The Morgan fingerprint density at radius 3 is 1.29 bits per heavy atom. The second kappa shape index (κ2) is 10.4. The van der Waals surface area contributed by atoms with Crippen LogP contribution in [0.5, 0.6) is 0 Å². The highest BCUT2D eigenvalue weighted by atomic mass is 19.4. The lowest BCUT2D eigenvalue weighted by atomic mass is 9.86. The Kier molecular flexibility index (Phi) is 7.10. The molecule has 0 fully saturated rings. The zero-order chi connectivity index (χ0) is 33.2. The molecule has 16 heteroatoms. The second-order valence-corrected chi connectivity index (χ2v) is 9.22. The Morgan fingerprint density at radius 2 is 0.956 bits per heavy atom. The average Bonchev–Trinajstić information content (AvgIpc) is 3.60. The second-order valence-electron chi connectivity index (χ2n) is 9.22. The fraction of sp³-hybridized carbons (Fsp3) is 0.103. The third-order valence-electron chi connectivity index (χ3n) is 6.63. The molecule has 0 spiro atoms. The number of carboxylic acid groups (broad SMARTS) is 1. The van der Waals surface area contributed by atoms with Crippen LogP contribution in [-0.4, -0.2) is 47.3 Å². The molecule has 45 heavy (non-hydrogen) atoms. The SMILES string of the molecule is COC(=O)c1c(C(F)(F)F)oc2c1C(=O)c1ccccc1C2=O.O=C1c2ccccc2C(=O)c2c1oc(C(F)(F)F)c2C(=O)O. The predicted octanol–water partition coefficient (Wildman–Crippen LogP) is 5.63. The molecule has 6 rings (SSSR count). The monoisotopic (exact) mass is 634 g/mol. The Hall–Kier alpha value is -5.80. The number of methoxy groups -OCH3 is 1. The maximum Gasteiger partial charge on any atom is 0.450 e. The Labute approximate surface area is 244 Å². The first-order valence-corrected chi connectivity index (χ1v) is 12.2. The molecule has 1 N–H and O–H groups in total. The molecule has 2 aromatic heterocycles. The van der Waals surface area contributed by atoms with Crippen LogP contribution in [0.2, 0.25) is 0 Å². The van der Waals surface area contributed by atoms with Crippen LogP contribution in [-0.2, 0) is 17.1 Å². The van der Waals surface area contributed by atoms with E-state index < -0.39 is 92.7 Å². The molecule has 230 valence electrons. The third kappa shape index (κ3) is 4.79. The maximum absolute atomic E-state index is 13.1. The van der Waals surface area contributed by atoms with E-state index in [-0.39, 0.29) is 22.3 Å². The van der Waals surface area contributed by atoms with Crippen molar-refractivity contribution >= 4 is 35.1 Å². The molecule has 0 aliphatic heterocycles. The van der Waals surface area contributed by atoms with Crippen LogP contribution in [0.4, 0.5) is 26.3 Å². The lowest BCUT2D eigenvalue weighted by molar-refractivity contribution is -0.154. The van der Waals surface area contributed by atoms with Crippen LogP contribution in [0.15, 0.2) is 57.4 Å². The van der Waals surface area contributed by atoms with E-state index in [1.807, 2.05) is 0 Å². The molecule has 0 saturated carbocycles. The van der Waals surface area contributed by atoms with Gasteiger partial charge in [0, 0.05) is 22.3 Å². The molecule has 4 aromatic rings. The van der Waals surface area contributed by atoms with Gasteiger partial charge in [-0.2, -0.15) is 26.3 Å². The van der Waals surface area contributed by atoms with Gasteiger partial charge in [-0.05, 0) is 0 Å². The maximum atomic E-state index is 13.1. The first-order chi connectivity index (χ1) is 21.0. The van der Waals surface area contributed by atoms with Gasteiger partial charge in [-0.1, -0.05) is 48.5 Å². The standard InChI is InChI=1S/C15H7F3O5.C14H5F3O5/c1-22-14(21)9-8-10(19)6-4-2-3-5-7(6)11(20)12(8)23-13(9)15(16,17)18;15-14(16,17)12-8(13(20)21)7-9(18)5-3-1-2-4-6(5)10(19)11(7)22-12/h2-5H,1H3;1-4H,(H,20,21). The van der Waals surface area contributed by atoms with Gasteiger partial charge in [0.05, 0.1) is 18.2 Å². The fourth-order valence-corrected chi connectivity index (χ4v) is 4.79. The van der Waals surface area contributed by atoms with Crippen molar-refractivity contribution in [3.8, 4) is 0 Å². The largest absolute Gasteiger partial charge is 0.478 e. The number of esters is 1. The zero-order valence-corrected chi connectivity index (χ0v) is 22.0. The van der Waals surface area contributed by atoms with E-state index in [9.17, 15) is 55.1 Å². The van der Waals surface area contributed by atoms with E-state index in [0.717, 1.165) is 7.11 Å². The van der Waals surface area contributed by atoms with E-state index in [2.05, 4.69) is 13.6 Å². The van der Waals surface area contributed by atoms with E-state index >= 15 is 0 Å². The molecule has 0 atom stereocenters. The summed E-state index contributed by atoms with van der Waals surface area (Å²) < 4.78 is 91.3. The molecule has 0 radical (unpaired) electrons. The number of hydrogen-bond donors (Lipinski definition) is 1. The first-order valence-electron chi connectivity index (χ1n) is 12.2. The van der Waals surface area contributed by atoms with Crippen LogP contribution in [0.1, 0.15) is 96.3 Å². The van der Waals surface area contributed by atoms with Crippen molar-refractivity contribution in [2.45, 2.75) is 12.4 Å². The number of carboxylic acids is 1. The molecular weight excluding hydrogens is 622 g/mol. The van der Waals surface area contributed by atoms with Gasteiger partial charge in [0.25, 0.3) is 0 Å². The van der Waals surface area contributed by atoms with E-state index in [0.29, 0.717) is 0 Å². The number of carbonyl (C=O) groups excluding carboxylic acids is 5. The number of ketones is 4. The van der Waals surface area contributed by atoms with Crippen molar-refractivity contribution in [3.05, 3.63) is 116 Å². The summed E-state index contributed by atoms with van der Waals surface area (Å²) in [7, 11) is 0.866. The molecule has 2 aliphatic rings. The first kappa shape index (κ1) is 30.7. The van der Waals surface area contributed by atoms with Crippen molar-refractivity contribution < 1.29 is 73.8 Å². The summed E-state index contributed by atoms with van der Waals surface area (Å²) in [5, 5.41) is 9.00. The molecule has 0 amide bonds. The van der Waals surface area contributed by atoms with Crippen molar-refractivity contribution in [1.82, 2.24) is 0 Å². The van der Waals surface area contributed by atoms with Crippen LogP contribution in [0.3, 0.4) is 0 Å². The molecule has 0 saturated heterocycles. The molecule has 10 nitrogen and oxygen atoms in total. The molecule has 2 aliphatic carbocycles. The number of benzene rings is 2. The predicted molar refractivity (Wildman–Crippen MR) is 132 cm³/mol. The van der Waals surface area contributed by atoms with Crippen LogP contribution >= 0.6 is 0 Å². The normalized spacial score (nSPS) is 13.7. The summed E-state index contributed by atoms with van der Waals surface area (Å²) in [5.41, 5.74) is -4.44. The van der Waals surface area contributed by atoms with Crippen LogP contribution in [0, 0.1) is 0 Å². The number of aromatic carboxylic acids is 1. The van der Waals surface area contributed by atoms with Gasteiger partial charge in [-0.3, -0.25) is 19.2 Å². The number of halogens is 6. The Morgan fingerprint density at radius 1 is 0.622 bits per heavy atom. The number of carbonyl (C=O) groups is 6. The minimum Gasteiger partial charge on any atom is -0.478 e. The lowest BCUT2D eigenvalue weighted by Crippen LogP contribution is -2.22. The van der Waals surface area contributed by atoms with E-state index in [1.165, 1.54) is 48.5 Å². The average molecular weight is 634 g/mol. The summed E-state index contributed by atoms with van der Waals surface area (Å²) in [5.74, 6) is -12.4. The van der Waals surface area contributed by atoms with Crippen molar-refractivity contribution in [2.24, 2.45) is 0 Å². The number of hydrogen-bond acceptors (Lipinski definition) is 9. The van der Waals surface area contributed by atoms with Crippen LogP contribution < -0.4 is 0 Å². The smallest absolute Gasteiger partial charge is 0.450 e. The number of fused-ring (bicyclic) bond motifs is 4. The number of rotatable bonds is 2. The minimum atomic E-state index is -5.14. The van der Waals surface area contributed by atoms with Gasteiger partial charge in [0.2, 0.25) is 23.1 Å². The molecule has 2 aromatic carbocycles. The van der Waals surface area contributed by atoms with Gasteiger partial charge >= 0.3 is 24.3 Å². The highest BCUT2D eigenvalue weighted by molar-refractivity contribution is 6.30. The van der Waals surface area contributed by atoms with Crippen molar-refractivity contribution in [3.63, 3.8) is 0 Å². The summed E-state index contributed by atoms with van der Waals surface area (Å²) in [6.45, 7) is 0. The lowest BCUT2D eigenvalue weighted by Gasteiger charge is -2.13. The van der Waals surface area contributed by atoms with Gasteiger partial charge < -0.3 is 18.7 Å². The molecule has 0 bridgehead atoms. The highest BCUT2D eigenvalue weighted by Crippen LogP contribution is 2.42. The Balaban J connectivity index is 0.000000178. The number of alkyl halides is 6. The summed E-state index contributed by atoms with van der Waals surface area (Å²) in [6, 6.07) is 10.9. The van der Waals surface area contributed by atoms with Gasteiger partial charge in [0.15, 0.2) is 23.1 Å². The minimum absolute atomic E-state index is 0.0797. The number of ether oxygens (including phenoxy) is 1. The fourth-order valence-electron chi connectivity index (χ4n) is 4.79. The molecule has 0 unspecified atom stereocenters. The summed E-state index contributed by atoms with van der Waals surface area (Å²) >= 11 is 0. The van der Waals surface area contributed by atoms with E-state index in [4.69, 9.17) is 5.11 Å². The van der Waals surface area contributed by atoms with Crippen LogP contribution in [0.25, 0.3) is 0 Å². The van der Waals surface area contributed by atoms with E-state index in [1.54, 1.807) is 0 Å².